The van der Waals surface area contributed by atoms with Crippen LogP contribution in [0.25, 0.3) is 0 Å². The number of rotatable bonds is 4. The van der Waals surface area contributed by atoms with E-state index in [1.54, 1.807) is 0 Å². The van der Waals surface area contributed by atoms with Gasteiger partial charge < -0.3 is 10.1 Å². The molecule has 2 heterocycles. The zero-order valence-electron chi connectivity index (χ0n) is 12.4. The molecule has 2 saturated carbocycles. The molecule has 0 aromatic carbocycles. The largest absolute Gasteiger partial charge is 0.375 e. The molecule has 110 valence electrons. The van der Waals surface area contributed by atoms with E-state index in [9.17, 15) is 0 Å². The summed E-state index contributed by atoms with van der Waals surface area (Å²) in [6.45, 7) is 4.02. The second kappa shape index (κ2) is 4.85. The summed E-state index contributed by atoms with van der Waals surface area (Å²) in [7, 11) is 0. The molecular weight excluding hydrogens is 250 g/mol. The summed E-state index contributed by atoms with van der Waals surface area (Å²) in [5, 5.41) is 8.37. The minimum absolute atomic E-state index is 0.204. The molecule has 1 aliphatic heterocycles. The summed E-state index contributed by atoms with van der Waals surface area (Å²) in [5.74, 6) is 0. The highest BCUT2D eigenvalue weighted by molar-refractivity contribution is 5.16. The normalized spacial score (nSPS) is 28.6. The molecule has 20 heavy (non-hydrogen) atoms. The molecule has 0 bridgehead atoms. The quantitative estimate of drug-likeness (QED) is 0.918. The molecule has 0 radical (unpaired) electrons. The van der Waals surface area contributed by atoms with E-state index in [0.29, 0.717) is 6.04 Å². The molecule has 1 saturated heterocycles. The fourth-order valence-electron chi connectivity index (χ4n) is 3.57. The summed E-state index contributed by atoms with van der Waals surface area (Å²) in [6, 6.07) is 1.30. The number of nitrogens with zero attached hydrogens (tertiary/aromatic N) is 2. The Morgan fingerprint density at radius 3 is 2.95 bits per heavy atom. The number of nitrogens with one attached hydrogen (secondary N) is 1. The highest BCUT2D eigenvalue weighted by Gasteiger charge is 2.43. The molecule has 1 aromatic rings. The molecule has 0 amide bonds. The van der Waals surface area contributed by atoms with Gasteiger partial charge >= 0.3 is 0 Å². The lowest BCUT2D eigenvalue weighted by Gasteiger charge is -2.47. The molecule has 3 fully saturated rings. The fourth-order valence-corrected chi connectivity index (χ4v) is 3.57. The smallest absolute Gasteiger partial charge is 0.0703 e. The minimum atomic E-state index is 0.204. The number of hydrogen-bond donors (Lipinski definition) is 1. The van der Waals surface area contributed by atoms with Gasteiger partial charge in [-0.25, -0.2) is 0 Å². The molecule has 3 aliphatic rings. The average Bonchev–Trinajstić information content (AvgIpc) is 3.18. The van der Waals surface area contributed by atoms with Crippen molar-refractivity contribution in [1.29, 1.82) is 0 Å². The van der Waals surface area contributed by atoms with Gasteiger partial charge in [0.1, 0.15) is 0 Å². The van der Waals surface area contributed by atoms with Crippen LogP contribution in [-0.4, -0.2) is 28.0 Å². The lowest BCUT2D eigenvalue weighted by molar-refractivity contribution is -0.141. The lowest BCUT2D eigenvalue weighted by Crippen LogP contribution is -2.46. The Kier molecular flexibility index (Phi) is 3.11. The lowest BCUT2D eigenvalue weighted by atomic mass is 9.74. The van der Waals surface area contributed by atoms with E-state index in [0.717, 1.165) is 32.0 Å². The predicted octanol–water partition coefficient (Wildman–Crippen LogP) is 2.72. The van der Waals surface area contributed by atoms with Crippen molar-refractivity contribution < 1.29 is 4.74 Å². The molecule has 4 nitrogen and oxygen atoms in total. The van der Waals surface area contributed by atoms with Crippen molar-refractivity contribution in [2.75, 3.05) is 6.61 Å². The Morgan fingerprint density at radius 2 is 2.25 bits per heavy atom. The first-order valence-electron chi connectivity index (χ1n) is 8.16. The van der Waals surface area contributed by atoms with Crippen LogP contribution in [0.2, 0.25) is 0 Å². The molecule has 1 spiro atoms. The second-order valence-corrected chi connectivity index (χ2v) is 6.91. The summed E-state index contributed by atoms with van der Waals surface area (Å²) >= 11 is 0. The highest BCUT2D eigenvalue weighted by atomic mass is 16.5. The Balaban J connectivity index is 1.45. The number of ether oxygens (including phenoxy) is 1. The fraction of sp³-hybridized carbons (Fsp3) is 0.812. The van der Waals surface area contributed by atoms with Crippen LogP contribution in [0.5, 0.6) is 0 Å². The topological polar surface area (TPSA) is 39.1 Å². The van der Waals surface area contributed by atoms with Gasteiger partial charge in [0, 0.05) is 31.0 Å². The van der Waals surface area contributed by atoms with E-state index >= 15 is 0 Å². The zero-order valence-corrected chi connectivity index (χ0v) is 12.4. The van der Waals surface area contributed by atoms with E-state index < -0.39 is 0 Å². The van der Waals surface area contributed by atoms with Crippen molar-refractivity contribution in [3.05, 3.63) is 17.5 Å². The van der Waals surface area contributed by atoms with Gasteiger partial charge in [0.05, 0.1) is 17.3 Å². The van der Waals surface area contributed by atoms with E-state index in [1.807, 2.05) is 0 Å². The third-order valence-corrected chi connectivity index (χ3v) is 5.28. The van der Waals surface area contributed by atoms with Gasteiger partial charge in [0.2, 0.25) is 0 Å². The van der Waals surface area contributed by atoms with Gasteiger partial charge in [-0.3, -0.25) is 4.68 Å². The van der Waals surface area contributed by atoms with Crippen LogP contribution in [0.3, 0.4) is 0 Å². The van der Waals surface area contributed by atoms with Crippen molar-refractivity contribution >= 4 is 0 Å². The third kappa shape index (κ3) is 2.40. The van der Waals surface area contributed by atoms with Gasteiger partial charge in [-0.15, -0.1) is 0 Å². The molecule has 1 atom stereocenters. The van der Waals surface area contributed by atoms with Crippen LogP contribution in [0.15, 0.2) is 6.20 Å². The maximum absolute atomic E-state index is 6.02. The van der Waals surface area contributed by atoms with Gasteiger partial charge in [-0.05, 0) is 51.9 Å². The molecule has 4 rings (SSSR count). The molecule has 4 heteroatoms. The molecule has 1 aromatic heterocycles. The molecular formula is C16H25N3O. The number of aryl methyl sites for hydroxylation is 1. The Bertz CT molecular complexity index is 488. The standard InChI is InChI=1S/C16H25N3O/c1-12-13(10-17-14-3-4-14)11-19(18-12)15-5-8-20-16(9-15)6-2-7-16/h11,14-15,17H,2-10H2,1H3. The molecule has 1 unspecified atom stereocenters. The Morgan fingerprint density at radius 1 is 1.40 bits per heavy atom. The Labute approximate surface area is 120 Å². The van der Waals surface area contributed by atoms with Crippen molar-refractivity contribution in [2.45, 2.75) is 76.1 Å². The maximum Gasteiger partial charge on any atom is 0.0703 e. The second-order valence-electron chi connectivity index (χ2n) is 6.91. The van der Waals surface area contributed by atoms with Crippen molar-refractivity contribution in [1.82, 2.24) is 15.1 Å². The maximum atomic E-state index is 6.02. The van der Waals surface area contributed by atoms with Gasteiger partial charge in [0.15, 0.2) is 0 Å². The third-order valence-electron chi connectivity index (χ3n) is 5.28. The minimum Gasteiger partial charge on any atom is -0.375 e. The number of hydrogen-bond acceptors (Lipinski definition) is 3. The summed E-state index contributed by atoms with van der Waals surface area (Å²) < 4.78 is 8.25. The molecule has 1 N–H and O–H groups in total. The molecule has 2 aliphatic carbocycles. The van der Waals surface area contributed by atoms with Crippen LogP contribution in [0, 0.1) is 6.92 Å². The van der Waals surface area contributed by atoms with Gasteiger partial charge in [-0.1, -0.05) is 0 Å². The number of aromatic nitrogens is 2. The van der Waals surface area contributed by atoms with E-state index in [4.69, 9.17) is 9.84 Å². The van der Waals surface area contributed by atoms with Crippen LogP contribution in [-0.2, 0) is 11.3 Å². The van der Waals surface area contributed by atoms with E-state index in [1.165, 1.54) is 43.4 Å². The van der Waals surface area contributed by atoms with Gasteiger partial charge in [-0.2, -0.15) is 5.10 Å². The van der Waals surface area contributed by atoms with Crippen LogP contribution < -0.4 is 5.32 Å². The van der Waals surface area contributed by atoms with Gasteiger partial charge in [0.25, 0.3) is 0 Å². The first-order valence-corrected chi connectivity index (χ1v) is 8.16. The highest BCUT2D eigenvalue weighted by Crippen LogP contribution is 2.45. The van der Waals surface area contributed by atoms with E-state index in [2.05, 4.69) is 23.1 Å². The zero-order chi connectivity index (χ0) is 13.6. The SMILES string of the molecule is Cc1nn(C2CCOC3(CCC3)C2)cc1CNC1CC1. The monoisotopic (exact) mass is 275 g/mol. The first-order chi connectivity index (χ1) is 9.74. The van der Waals surface area contributed by atoms with Crippen LogP contribution in [0.1, 0.15) is 62.2 Å². The van der Waals surface area contributed by atoms with Crippen molar-refractivity contribution in [3.8, 4) is 0 Å². The van der Waals surface area contributed by atoms with Crippen LogP contribution >= 0.6 is 0 Å². The summed E-state index contributed by atoms with van der Waals surface area (Å²) in [6.07, 6.45) is 11.1. The van der Waals surface area contributed by atoms with Crippen molar-refractivity contribution in [3.63, 3.8) is 0 Å². The first kappa shape index (κ1) is 12.8. The summed E-state index contributed by atoms with van der Waals surface area (Å²) in [5.41, 5.74) is 2.76. The van der Waals surface area contributed by atoms with E-state index in [-0.39, 0.29) is 5.60 Å². The predicted molar refractivity (Wildman–Crippen MR) is 77.6 cm³/mol. The Hall–Kier alpha value is -0.870. The van der Waals surface area contributed by atoms with Crippen LogP contribution in [0.4, 0.5) is 0 Å². The van der Waals surface area contributed by atoms with Crippen molar-refractivity contribution in [2.24, 2.45) is 0 Å². The average molecular weight is 275 g/mol. The summed E-state index contributed by atoms with van der Waals surface area (Å²) in [4.78, 5) is 0.